The van der Waals surface area contributed by atoms with Gasteiger partial charge in [0.15, 0.2) is 5.82 Å². The van der Waals surface area contributed by atoms with Crippen molar-refractivity contribution in [3.05, 3.63) is 5.82 Å². The van der Waals surface area contributed by atoms with Crippen LogP contribution in [0.1, 0.15) is 64.2 Å². The third kappa shape index (κ3) is 3.74. The van der Waals surface area contributed by atoms with Gasteiger partial charge in [0.25, 0.3) is 0 Å². The van der Waals surface area contributed by atoms with Crippen molar-refractivity contribution in [1.82, 2.24) is 20.2 Å². The molecule has 0 bridgehead atoms. The van der Waals surface area contributed by atoms with Crippen LogP contribution >= 0.6 is 11.6 Å². The average Bonchev–Trinajstić information content (AvgIpc) is 2.65. The minimum atomic E-state index is -0.137. The summed E-state index contributed by atoms with van der Waals surface area (Å²) in [5.74, 6) is 1.52. The lowest BCUT2D eigenvalue weighted by molar-refractivity contribution is 0.401. The van der Waals surface area contributed by atoms with Gasteiger partial charge < -0.3 is 0 Å². The Balaban J connectivity index is 2.52. The lowest BCUT2D eigenvalue weighted by Crippen LogP contribution is -2.12. The molecule has 1 heterocycles. The molecule has 0 fully saturated rings. The van der Waals surface area contributed by atoms with E-state index in [0.29, 0.717) is 6.04 Å². The van der Waals surface area contributed by atoms with Gasteiger partial charge in [0.05, 0.1) is 11.4 Å². The van der Waals surface area contributed by atoms with Crippen LogP contribution in [-0.4, -0.2) is 20.2 Å². The highest BCUT2D eigenvalue weighted by Crippen LogP contribution is 2.22. The highest BCUT2D eigenvalue weighted by Gasteiger charge is 2.16. The van der Waals surface area contributed by atoms with E-state index in [9.17, 15) is 0 Å². The Morgan fingerprint density at radius 3 is 2.44 bits per heavy atom. The van der Waals surface area contributed by atoms with Crippen molar-refractivity contribution < 1.29 is 0 Å². The summed E-state index contributed by atoms with van der Waals surface area (Å²) in [6.07, 6.45) is 3.55. The van der Waals surface area contributed by atoms with Gasteiger partial charge in [-0.1, -0.05) is 26.7 Å². The van der Waals surface area contributed by atoms with Crippen molar-refractivity contribution in [1.29, 1.82) is 0 Å². The van der Waals surface area contributed by atoms with Gasteiger partial charge in [0.2, 0.25) is 0 Å². The Hall–Kier alpha value is -0.640. The molecule has 4 nitrogen and oxygen atoms in total. The van der Waals surface area contributed by atoms with Gasteiger partial charge in [-0.15, -0.1) is 16.7 Å². The summed E-state index contributed by atoms with van der Waals surface area (Å²) >= 11 is 6.01. The predicted molar refractivity (Wildman–Crippen MR) is 65.5 cm³/mol. The van der Waals surface area contributed by atoms with E-state index in [1.165, 1.54) is 12.8 Å². The normalized spacial score (nSPS) is 15.4. The van der Waals surface area contributed by atoms with Crippen molar-refractivity contribution >= 4 is 11.6 Å². The molecule has 2 unspecified atom stereocenters. The first-order valence-corrected chi connectivity index (χ1v) is 6.37. The molecule has 92 valence electrons. The summed E-state index contributed by atoms with van der Waals surface area (Å²) in [6.45, 7) is 8.52. The largest absolute Gasteiger partial charge is 0.225 e. The third-order valence-corrected chi connectivity index (χ3v) is 2.89. The molecule has 0 aliphatic heterocycles. The molecular weight excluding hydrogens is 224 g/mol. The summed E-state index contributed by atoms with van der Waals surface area (Å²) in [5.41, 5.74) is 0. The van der Waals surface area contributed by atoms with Crippen molar-refractivity contribution in [3.8, 4) is 0 Å². The molecule has 0 saturated heterocycles. The molecule has 0 N–H and O–H groups in total. The maximum absolute atomic E-state index is 6.01. The van der Waals surface area contributed by atoms with E-state index in [2.05, 4.69) is 36.3 Å². The van der Waals surface area contributed by atoms with Crippen molar-refractivity contribution in [2.45, 2.75) is 58.4 Å². The zero-order chi connectivity index (χ0) is 12.1. The molecule has 16 heavy (non-hydrogen) atoms. The molecule has 1 rings (SSSR count). The van der Waals surface area contributed by atoms with Gasteiger partial charge in [-0.2, -0.15) is 0 Å². The fourth-order valence-corrected chi connectivity index (χ4v) is 1.86. The first-order valence-electron chi connectivity index (χ1n) is 5.94. The lowest BCUT2D eigenvalue weighted by Gasteiger charge is -2.14. The zero-order valence-corrected chi connectivity index (χ0v) is 11.3. The lowest BCUT2D eigenvalue weighted by atomic mass is 10.0. The minimum absolute atomic E-state index is 0.137. The van der Waals surface area contributed by atoms with E-state index in [4.69, 9.17) is 11.6 Å². The number of alkyl halides is 1. The van der Waals surface area contributed by atoms with Gasteiger partial charge in [-0.05, 0) is 36.6 Å². The predicted octanol–water partition coefficient (Wildman–Crippen LogP) is 3.36. The number of hydrogen-bond acceptors (Lipinski definition) is 3. The number of rotatable bonds is 6. The molecule has 5 heteroatoms. The smallest absolute Gasteiger partial charge is 0.169 e. The van der Waals surface area contributed by atoms with Crippen molar-refractivity contribution in [2.24, 2.45) is 5.92 Å². The Labute approximate surface area is 102 Å². The van der Waals surface area contributed by atoms with Crippen LogP contribution in [0.2, 0.25) is 0 Å². The molecule has 0 aliphatic rings. The van der Waals surface area contributed by atoms with E-state index in [1.54, 1.807) is 0 Å². The van der Waals surface area contributed by atoms with Gasteiger partial charge in [0.1, 0.15) is 0 Å². The number of nitrogens with zero attached hydrogens (tertiary/aromatic N) is 4. The summed E-state index contributed by atoms with van der Waals surface area (Å²) in [7, 11) is 0. The zero-order valence-electron chi connectivity index (χ0n) is 10.5. The van der Waals surface area contributed by atoms with E-state index in [-0.39, 0.29) is 5.38 Å². The number of aromatic nitrogens is 4. The molecule has 0 amide bonds. The van der Waals surface area contributed by atoms with Crippen LogP contribution < -0.4 is 0 Å². The molecule has 1 aromatic heterocycles. The second kappa shape index (κ2) is 6.18. The summed E-state index contributed by atoms with van der Waals surface area (Å²) in [4.78, 5) is 0. The fraction of sp³-hybridized carbons (Fsp3) is 0.909. The molecular formula is C11H21ClN4. The minimum Gasteiger partial charge on any atom is -0.225 e. The molecule has 0 radical (unpaired) electrons. The van der Waals surface area contributed by atoms with Crippen LogP contribution in [-0.2, 0) is 0 Å². The van der Waals surface area contributed by atoms with E-state index in [0.717, 1.165) is 18.2 Å². The second-order valence-electron chi connectivity index (χ2n) is 4.77. The van der Waals surface area contributed by atoms with E-state index in [1.807, 2.05) is 11.6 Å². The van der Waals surface area contributed by atoms with Gasteiger partial charge in [0, 0.05) is 0 Å². The number of tetrazole rings is 1. The average molecular weight is 245 g/mol. The number of hydrogen-bond donors (Lipinski definition) is 0. The Bertz CT molecular complexity index is 309. The van der Waals surface area contributed by atoms with Crippen molar-refractivity contribution in [3.63, 3.8) is 0 Å². The highest BCUT2D eigenvalue weighted by molar-refractivity contribution is 6.20. The molecule has 1 aromatic rings. The quantitative estimate of drug-likeness (QED) is 0.721. The molecule has 0 spiro atoms. The second-order valence-corrected chi connectivity index (χ2v) is 5.43. The Kier molecular flexibility index (Phi) is 5.19. The van der Waals surface area contributed by atoms with Gasteiger partial charge in [-0.25, -0.2) is 4.68 Å². The van der Waals surface area contributed by atoms with Crippen LogP contribution in [0.4, 0.5) is 0 Å². The van der Waals surface area contributed by atoms with Crippen molar-refractivity contribution in [2.75, 3.05) is 0 Å². The highest BCUT2D eigenvalue weighted by atomic mass is 35.5. The van der Waals surface area contributed by atoms with Gasteiger partial charge >= 0.3 is 0 Å². The standard InChI is InChI=1S/C11H21ClN4/c1-8(2)6-5-7-9(3)16-11(10(4)12)13-14-15-16/h8-10H,5-7H2,1-4H3. The summed E-state index contributed by atoms with van der Waals surface area (Å²) in [6, 6.07) is 0.324. The topological polar surface area (TPSA) is 43.6 Å². The van der Waals surface area contributed by atoms with Crippen LogP contribution in [0.3, 0.4) is 0 Å². The first kappa shape index (κ1) is 13.4. The Morgan fingerprint density at radius 2 is 1.88 bits per heavy atom. The first-order chi connectivity index (χ1) is 7.52. The Morgan fingerprint density at radius 1 is 1.19 bits per heavy atom. The molecule has 2 atom stereocenters. The monoisotopic (exact) mass is 244 g/mol. The van der Waals surface area contributed by atoms with Gasteiger partial charge in [-0.3, -0.25) is 0 Å². The number of halogens is 1. The molecule has 0 aromatic carbocycles. The maximum Gasteiger partial charge on any atom is 0.169 e. The summed E-state index contributed by atoms with van der Waals surface area (Å²) < 4.78 is 1.85. The van der Waals surface area contributed by atoms with E-state index < -0.39 is 0 Å². The van der Waals surface area contributed by atoms with E-state index >= 15 is 0 Å². The SMILES string of the molecule is CC(C)CCCC(C)n1nnnc1C(C)Cl. The third-order valence-electron chi connectivity index (χ3n) is 2.69. The maximum atomic E-state index is 6.01. The van der Waals surface area contributed by atoms with Crippen LogP contribution in [0.5, 0.6) is 0 Å². The van der Waals surface area contributed by atoms with Crippen LogP contribution in [0.15, 0.2) is 0 Å². The van der Waals surface area contributed by atoms with Crippen LogP contribution in [0.25, 0.3) is 0 Å². The molecule has 0 saturated carbocycles. The molecule has 0 aliphatic carbocycles. The summed E-state index contributed by atoms with van der Waals surface area (Å²) in [5, 5.41) is 11.5. The van der Waals surface area contributed by atoms with Crippen LogP contribution in [0, 0.1) is 5.92 Å². The fourth-order valence-electron chi connectivity index (χ4n) is 1.72.